The smallest absolute Gasteiger partial charge is 0.138 e. The Bertz CT molecular complexity index is 700. The highest BCUT2D eigenvalue weighted by atomic mass is 35.5. The van der Waals surface area contributed by atoms with Gasteiger partial charge < -0.3 is 14.7 Å². The molecule has 0 amide bonds. The molecule has 1 aromatic carbocycles. The molecule has 0 bridgehead atoms. The summed E-state index contributed by atoms with van der Waals surface area (Å²) in [5.41, 5.74) is 2.22. The monoisotopic (exact) mass is 370 g/mol. The molecule has 0 aliphatic carbocycles. The summed E-state index contributed by atoms with van der Waals surface area (Å²) in [6.07, 6.45) is 0.223. The second-order valence-corrected chi connectivity index (χ2v) is 7.01. The molecular weight excluding hydrogens is 351 g/mol. The molecular formula is C17H20Cl2N2O3. The highest BCUT2D eigenvalue weighted by molar-refractivity contribution is 6.39. The SMILES string of the molecule is Cc1onc(-c2c(Cl)cccc2Cl)c1CN1CC[C@H](CO)[C@H](O)C1. The van der Waals surface area contributed by atoms with Gasteiger partial charge in [0.25, 0.3) is 0 Å². The number of nitrogens with zero attached hydrogens (tertiary/aromatic N) is 2. The second-order valence-electron chi connectivity index (χ2n) is 6.20. The third-order valence-electron chi connectivity index (χ3n) is 4.61. The summed E-state index contributed by atoms with van der Waals surface area (Å²) in [7, 11) is 0. The summed E-state index contributed by atoms with van der Waals surface area (Å²) in [6, 6.07) is 5.33. The molecule has 0 unspecified atom stereocenters. The number of aliphatic hydroxyl groups is 2. The highest BCUT2D eigenvalue weighted by Gasteiger charge is 2.29. The Morgan fingerprint density at radius 2 is 2.04 bits per heavy atom. The Morgan fingerprint density at radius 3 is 2.67 bits per heavy atom. The van der Waals surface area contributed by atoms with Gasteiger partial charge in [-0.25, -0.2) is 0 Å². The maximum absolute atomic E-state index is 10.1. The zero-order valence-electron chi connectivity index (χ0n) is 13.4. The van der Waals surface area contributed by atoms with Crippen LogP contribution in [0.4, 0.5) is 0 Å². The minimum Gasteiger partial charge on any atom is -0.396 e. The van der Waals surface area contributed by atoms with Crippen LogP contribution < -0.4 is 0 Å². The van der Waals surface area contributed by atoms with Gasteiger partial charge in [0, 0.05) is 36.7 Å². The maximum Gasteiger partial charge on any atom is 0.138 e. The van der Waals surface area contributed by atoms with Crippen molar-refractivity contribution >= 4 is 23.2 Å². The van der Waals surface area contributed by atoms with Crippen molar-refractivity contribution in [1.29, 1.82) is 0 Å². The molecule has 2 heterocycles. The van der Waals surface area contributed by atoms with E-state index < -0.39 is 6.10 Å². The number of benzene rings is 1. The van der Waals surface area contributed by atoms with E-state index in [9.17, 15) is 10.2 Å². The first-order chi connectivity index (χ1) is 11.5. The van der Waals surface area contributed by atoms with Crippen LogP contribution in [0.3, 0.4) is 0 Å². The van der Waals surface area contributed by atoms with Gasteiger partial charge in [-0.05, 0) is 32.0 Å². The van der Waals surface area contributed by atoms with Crippen molar-refractivity contribution in [3.63, 3.8) is 0 Å². The molecule has 1 aliphatic heterocycles. The van der Waals surface area contributed by atoms with E-state index >= 15 is 0 Å². The summed E-state index contributed by atoms with van der Waals surface area (Å²) in [5, 5.41) is 24.6. The summed E-state index contributed by atoms with van der Waals surface area (Å²) in [4.78, 5) is 2.13. The van der Waals surface area contributed by atoms with Crippen molar-refractivity contribution in [3.8, 4) is 11.3 Å². The maximum atomic E-state index is 10.1. The van der Waals surface area contributed by atoms with Crippen molar-refractivity contribution < 1.29 is 14.7 Å². The van der Waals surface area contributed by atoms with Crippen LogP contribution >= 0.6 is 23.2 Å². The Kier molecular flexibility index (Phi) is 5.47. The molecule has 7 heteroatoms. The van der Waals surface area contributed by atoms with Crippen LogP contribution in [0, 0.1) is 12.8 Å². The van der Waals surface area contributed by atoms with E-state index in [1.807, 2.05) is 6.92 Å². The first-order valence-electron chi connectivity index (χ1n) is 7.92. The normalized spacial score (nSPS) is 22.0. The lowest BCUT2D eigenvalue weighted by Crippen LogP contribution is -2.44. The summed E-state index contributed by atoms with van der Waals surface area (Å²) in [6.45, 7) is 3.75. The predicted octanol–water partition coefficient (Wildman–Crippen LogP) is 3.13. The van der Waals surface area contributed by atoms with E-state index in [0.717, 1.165) is 18.5 Å². The van der Waals surface area contributed by atoms with Gasteiger partial charge in [0.2, 0.25) is 0 Å². The van der Waals surface area contributed by atoms with E-state index in [4.69, 9.17) is 27.7 Å². The molecule has 3 rings (SSSR count). The number of aromatic nitrogens is 1. The van der Waals surface area contributed by atoms with E-state index in [1.165, 1.54) is 0 Å². The lowest BCUT2D eigenvalue weighted by Gasteiger charge is -2.35. The van der Waals surface area contributed by atoms with Gasteiger partial charge >= 0.3 is 0 Å². The lowest BCUT2D eigenvalue weighted by molar-refractivity contribution is -0.00452. The lowest BCUT2D eigenvalue weighted by atomic mass is 9.94. The van der Waals surface area contributed by atoms with Gasteiger partial charge in [0.15, 0.2) is 0 Å². The topological polar surface area (TPSA) is 69.7 Å². The molecule has 1 saturated heterocycles. The first kappa shape index (κ1) is 17.7. The molecule has 5 nitrogen and oxygen atoms in total. The zero-order chi connectivity index (χ0) is 17.3. The fraction of sp³-hybridized carbons (Fsp3) is 0.471. The minimum absolute atomic E-state index is 0.0157. The fourth-order valence-electron chi connectivity index (χ4n) is 3.12. The van der Waals surface area contributed by atoms with Crippen molar-refractivity contribution in [1.82, 2.24) is 10.1 Å². The molecule has 24 heavy (non-hydrogen) atoms. The van der Waals surface area contributed by atoms with E-state index in [-0.39, 0.29) is 12.5 Å². The standard InChI is InChI=1S/C17H20Cl2N2O3/c1-10-12(7-21-6-5-11(9-22)15(23)8-21)17(20-24-10)16-13(18)3-2-4-14(16)19/h2-4,11,15,22-23H,5-9H2,1H3/t11-,15-/m1/s1. The number of likely N-dealkylation sites (tertiary alicyclic amines) is 1. The van der Waals surface area contributed by atoms with Gasteiger partial charge in [0.05, 0.1) is 16.1 Å². The van der Waals surface area contributed by atoms with Gasteiger partial charge in [-0.2, -0.15) is 0 Å². The zero-order valence-corrected chi connectivity index (χ0v) is 14.9. The highest BCUT2D eigenvalue weighted by Crippen LogP contribution is 2.37. The fourth-order valence-corrected chi connectivity index (χ4v) is 3.70. The Labute approximate surface area is 150 Å². The van der Waals surface area contributed by atoms with E-state index in [0.29, 0.717) is 40.2 Å². The largest absolute Gasteiger partial charge is 0.396 e. The third kappa shape index (κ3) is 3.46. The van der Waals surface area contributed by atoms with Crippen LogP contribution in [0.15, 0.2) is 22.7 Å². The number of aryl methyl sites for hydroxylation is 1. The van der Waals surface area contributed by atoms with Crippen molar-refractivity contribution in [2.24, 2.45) is 5.92 Å². The predicted molar refractivity (Wildman–Crippen MR) is 93.2 cm³/mol. The molecule has 1 aliphatic rings. The number of piperidine rings is 1. The number of hydrogen-bond acceptors (Lipinski definition) is 5. The van der Waals surface area contributed by atoms with Crippen LogP contribution in [-0.4, -0.2) is 46.1 Å². The van der Waals surface area contributed by atoms with Crippen molar-refractivity contribution in [2.45, 2.75) is 26.0 Å². The quantitative estimate of drug-likeness (QED) is 0.864. The van der Waals surface area contributed by atoms with Gasteiger partial charge in [-0.15, -0.1) is 0 Å². The second kappa shape index (κ2) is 7.42. The summed E-state index contributed by atoms with van der Waals surface area (Å²) < 4.78 is 5.37. The average Bonchev–Trinajstić information content (AvgIpc) is 2.89. The van der Waals surface area contributed by atoms with Crippen molar-refractivity contribution in [2.75, 3.05) is 19.7 Å². The number of rotatable bonds is 4. The molecule has 0 spiro atoms. The van der Waals surface area contributed by atoms with Crippen molar-refractivity contribution in [3.05, 3.63) is 39.6 Å². The van der Waals surface area contributed by atoms with Gasteiger partial charge in [0.1, 0.15) is 11.5 Å². The van der Waals surface area contributed by atoms with Crippen LogP contribution in [0.5, 0.6) is 0 Å². The number of halogens is 2. The van der Waals surface area contributed by atoms with Crippen LogP contribution in [0.25, 0.3) is 11.3 Å². The molecule has 0 radical (unpaired) electrons. The number of β-amino-alcohol motifs (C(OH)–C–C–N with tert-alkyl or cyclic N) is 1. The van der Waals surface area contributed by atoms with E-state index in [2.05, 4.69) is 10.1 Å². The van der Waals surface area contributed by atoms with Crippen LogP contribution in [0.1, 0.15) is 17.7 Å². The average molecular weight is 371 g/mol. The van der Waals surface area contributed by atoms with Gasteiger partial charge in [-0.1, -0.05) is 34.4 Å². The Morgan fingerprint density at radius 1 is 1.33 bits per heavy atom. The molecule has 0 saturated carbocycles. The Balaban J connectivity index is 1.87. The Hall–Kier alpha value is -1.11. The third-order valence-corrected chi connectivity index (χ3v) is 5.24. The molecule has 1 fully saturated rings. The minimum atomic E-state index is -0.531. The first-order valence-corrected chi connectivity index (χ1v) is 8.67. The van der Waals surface area contributed by atoms with Crippen LogP contribution in [-0.2, 0) is 6.54 Å². The van der Waals surface area contributed by atoms with E-state index in [1.54, 1.807) is 18.2 Å². The summed E-state index contributed by atoms with van der Waals surface area (Å²) >= 11 is 12.6. The molecule has 2 aromatic rings. The molecule has 1 aromatic heterocycles. The number of hydrogen-bond donors (Lipinski definition) is 2. The number of aliphatic hydroxyl groups excluding tert-OH is 2. The summed E-state index contributed by atoms with van der Waals surface area (Å²) in [5.74, 6) is 0.655. The van der Waals surface area contributed by atoms with Gasteiger partial charge in [-0.3, -0.25) is 4.90 Å². The van der Waals surface area contributed by atoms with Crippen LogP contribution in [0.2, 0.25) is 10.0 Å². The molecule has 130 valence electrons. The molecule has 2 atom stereocenters. The molecule has 2 N–H and O–H groups in total.